The van der Waals surface area contributed by atoms with Crippen molar-refractivity contribution in [2.45, 2.75) is 38.5 Å². The first-order valence-electron chi connectivity index (χ1n) is 10.7. The van der Waals surface area contributed by atoms with E-state index in [2.05, 4.69) is 15.9 Å². The molecule has 5 nitrogen and oxygen atoms in total. The lowest BCUT2D eigenvalue weighted by molar-refractivity contribution is -0.136. The molecule has 1 N–H and O–H groups in total. The molecule has 3 aromatic rings. The van der Waals surface area contributed by atoms with Crippen LogP contribution >= 0.6 is 15.9 Å². The minimum Gasteiger partial charge on any atom is -0.481 e. The van der Waals surface area contributed by atoms with Crippen molar-refractivity contribution in [1.29, 1.82) is 0 Å². The molecule has 0 unspecified atom stereocenters. The van der Waals surface area contributed by atoms with E-state index in [0.717, 1.165) is 27.2 Å². The molecule has 176 valence electrons. The van der Waals surface area contributed by atoms with Crippen LogP contribution in [0.25, 0.3) is 0 Å². The van der Waals surface area contributed by atoms with E-state index in [1.165, 1.54) is 12.1 Å². The Bertz CT molecular complexity index is 1230. The van der Waals surface area contributed by atoms with E-state index in [9.17, 15) is 18.4 Å². The van der Waals surface area contributed by atoms with Crippen LogP contribution in [0.3, 0.4) is 0 Å². The van der Waals surface area contributed by atoms with Crippen LogP contribution in [0, 0.1) is 11.6 Å². The molecule has 1 fully saturated rings. The summed E-state index contributed by atoms with van der Waals surface area (Å²) in [5, 5.41) is 9.07. The van der Waals surface area contributed by atoms with Crippen molar-refractivity contribution >= 4 is 28.0 Å². The molecular formula is C26H22BrF2NO4. The average molecular weight is 530 g/mol. The summed E-state index contributed by atoms with van der Waals surface area (Å²) in [4.78, 5) is 25.3. The smallest absolute Gasteiger partial charge is 0.411 e. The number of rotatable bonds is 7. The summed E-state index contributed by atoms with van der Waals surface area (Å²) in [6.07, 6.45) is -0.857. The quantitative estimate of drug-likeness (QED) is 0.406. The van der Waals surface area contributed by atoms with Gasteiger partial charge in [-0.15, -0.1) is 0 Å². The van der Waals surface area contributed by atoms with Crippen LogP contribution in [-0.2, 0) is 28.9 Å². The number of ether oxygens (including phenoxy) is 1. The van der Waals surface area contributed by atoms with E-state index < -0.39 is 35.8 Å². The van der Waals surface area contributed by atoms with E-state index >= 15 is 0 Å². The first kappa shape index (κ1) is 23.9. The van der Waals surface area contributed by atoms with E-state index in [0.29, 0.717) is 12.0 Å². The Kier molecular flexibility index (Phi) is 6.97. The van der Waals surface area contributed by atoms with Crippen LogP contribution in [0.1, 0.15) is 40.8 Å². The third-order valence-electron chi connectivity index (χ3n) is 5.86. The zero-order chi connectivity index (χ0) is 24.4. The fourth-order valence-corrected chi connectivity index (χ4v) is 4.65. The standard InChI is InChI=1S/C26H22BrF2NO4/c1-15-25(19-11-22(28)13-23(29)12-19)34-26(33)30(15)14-20-10-21(27)6-5-18(20)8-16-3-2-4-17(7-16)9-24(31)32/h2-7,10-13,15,25H,8-9,14H2,1H3,(H,31,32)/t15-,25-/m0/s1. The van der Waals surface area contributed by atoms with Crippen LogP contribution in [-0.4, -0.2) is 28.1 Å². The number of aliphatic carboxylic acids is 1. The fraction of sp³-hybridized carbons (Fsp3) is 0.231. The van der Waals surface area contributed by atoms with Gasteiger partial charge in [0.2, 0.25) is 0 Å². The molecule has 1 aliphatic rings. The zero-order valence-electron chi connectivity index (χ0n) is 18.3. The van der Waals surface area contributed by atoms with Gasteiger partial charge >= 0.3 is 12.1 Å². The van der Waals surface area contributed by atoms with Gasteiger partial charge in [-0.3, -0.25) is 9.69 Å². The molecule has 0 saturated carbocycles. The summed E-state index contributed by atoms with van der Waals surface area (Å²) in [5.74, 6) is -2.34. The van der Waals surface area contributed by atoms with E-state index in [-0.39, 0.29) is 18.5 Å². The molecule has 1 heterocycles. The van der Waals surface area contributed by atoms with Gasteiger partial charge in [-0.1, -0.05) is 46.3 Å². The molecule has 2 atom stereocenters. The van der Waals surface area contributed by atoms with E-state index in [1.807, 2.05) is 36.4 Å². The number of benzene rings is 3. The molecule has 34 heavy (non-hydrogen) atoms. The van der Waals surface area contributed by atoms with Crippen LogP contribution in [0.15, 0.2) is 65.1 Å². The second-order valence-corrected chi connectivity index (χ2v) is 9.27. The van der Waals surface area contributed by atoms with Crippen molar-refractivity contribution in [3.63, 3.8) is 0 Å². The summed E-state index contributed by atoms with van der Waals surface area (Å²) in [6, 6.07) is 15.9. The van der Waals surface area contributed by atoms with E-state index in [1.54, 1.807) is 17.9 Å². The van der Waals surface area contributed by atoms with Crippen molar-refractivity contribution in [3.8, 4) is 0 Å². The van der Waals surface area contributed by atoms with E-state index in [4.69, 9.17) is 9.84 Å². The molecular weight excluding hydrogens is 508 g/mol. The van der Waals surface area contributed by atoms with Gasteiger partial charge in [-0.25, -0.2) is 13.6 Å². The maximum atomic E-state index is 13.7. The normalized spacial score (nSPS) is 17.6. The fourth-order valence-electron chi connectivity index (χ4n) is 4.24. The molecule has 0 aromatic heterocycles. The molecule has 0 radical (unpaired) electrons. The lowest BCUT2D eigenvalue weighted by Gasteiger charge is -2.22. The van der Waals surface area contributed by atoms with Crippen molar-refractivity contribution in [1.82, 2.24) is 4.90 Å². The number of cyclic esters (lactones) is 1. The highest BCUT2D eigenvalue weighted by atomic mass is 79.9. The van der Waals surface area contributed by atoms with Gasteiger partial charge in [0.25, 0.3) is 0 Å². The Hall–Kier alpha value is -3.26. The highest BCUT2D eigenvalue weighted by Gasteiger charge is 2.40. The number of hydrogen-bond donors (Lipinski definition) is 1. The Morgan fingerprint density at radius 2 is 1.74 bits per heavy atom. The number of carboxylic acids is 1. The maximum absolute atomic E-state index is 13.7. The van der Waals surface area contributed by atoms with Gasteiger partial charge in [0.05, 0.1) is 12.5 Å². The van der Waals surface area contributed by atoms with Crippen LogP contribution in [0.4, 0.5) is 13.6 Å². The number of nitrogens with zero attached hydrogens (tertiary/aromatic N) is 1. The second kappa shape index (κ2) is 9.93. The molecule has 8 heteroatoms. The average Bonchev–Trinajstić information content (AvgIpc) is 3.03. The Labute approximate surface area is 204 Å². The summed E-state index contributed by atoms with van der Waals surface area (Å²) in [6.45, 7) is 2.03. The minimum atomic E-state index is -0.893. The number of carboxylic acid groups (broad SMARTS) is 1. The molecule has 1 aliphatic heterocycles. The predicted octanol–water partition coefficient (Wildman–Crippen LogP) is 6.03. The number of carbonyl (C=O) groups is 2. The molecule has 0 spiro atoms. The SMILES string of the molecule is C[C@H]1[C@@H](c2cc(F)cc(F)c2)OC(=O)N1Cc1cc(Br)ccc1Cc1cccc(CC(=O)O)c1. The largest absolute Gasteiger partial charge is 0.481 e. The number of carbonyl (C=O) groups excluding carboxylic acids is 1. The zero-order valence-corrected chi connectivity index (χ0v) is 19.9. The Morgan fingerprint density at radius 1 is 1.03 bits per heavy atom. The third-order valence-corrected chi connectivity index (χ3v) is 6.35. The molecule has 3 aromatic carbocycles. The van der Waals surface area contributed by atoms with Gasteiger partial charge in [0.1, 0.15) is 17.7 Å². The van der Waals surface area contributed by atoms with Gasteiger partial charge in [-0.05, 0) is 59.9 Å². The summed E-state index contributed by atoms with van der Waals surface area (Å²) in [7, 11) is 0. The Balaban J connectivity index is 1.58. The highest BCUT2D eigenvalue weighted by Crippen LogP contribution is 2.35. The topological polar surface area (TPSA) is 66.8 Å². The van der Waals surface area contributed by atoms with Crippen LogP contribution in [0.2, 0.25) is 0 Å². The number of amides is 1. The first-order valence-corrected chi connectivity index (χ1v) is 11.5. The highest BCUT2D eigenvalue weighted by molar-refractivity contribution is 9.10. The molecule has 1 saturated heterocycles. The van der Waals surface area contributed by atoms with Crippen molar-refractivity contribution in [3.05, 3.63) is 105 Å². The van der Waals surface area contributed by atoms with Crippen molar-refractivity contribution in [2.24, 2.45) is 0 Å². The summed E-state index contributed by atoms with van der Waals surface area (Å²) < 4.78 is 33.8. The maximum Gasteiger partial charge on any atom is 0.411 e. The van der Waals surface area contributed by atoms with Crippen molar-refractivity contribution < 1.29 is 28.2 Å². The number of halogens is 3. The van der Waals surface area contributed by atoms with Gasteiger partial charge in [-0.2, -0.15) is 0 Å². The first-order chi connectivity index (χ1) is 16.2. The summed E-state index contributed by atoms with van der Waals surface area (Å²) >= 11 is 3.48. The summed E-state index contributed by atoms with van der Waals surface area (Å²) in [5.41, 5.74) is 3.78. The molecule has 4 rings (SSSR count). The molecule has 0 bridgehead atoms. The minimum absolute atomic E-state index is 0.0553. The lowest BCUT2D eigenvalue weighted by Crippen LogP contribution is -2.31. The van der Waals surface area contributed by atoms with Gasteiger partial charge < -0.3 is 9.84 Å². The monoisotopic (exact) mass is 529 g/mol. The van der Waals surface area contributed by atoms with Crippen molar-refractivity contribution in [2.75, 3.05) is 0 Å². The predicted molar refractivity (Wildman–Crippen MR) is 125 cm³/mol. The lowest BCUT2D eigenvalue weighted by atomic mass is 9.97. The third kappa shape index (κ3) is 5.44. The van der Waals surface area contributed by atoms with Gasteiger partial charge in [0, 0.05) is 22.6 Å². The van der Waals surface area contributed by atoms with Gasteiger partial charge in [0.15, 0.2) is 0 Å². The second-order valence-electron chi connectivity index (χ2n) is 8.36. The van der Waals surface area contributed by atoms with Crippen LogP contribution in [0.5, 0.6) is 0 Å². The number of hydrogen-bond acceptors (Lipinski definition) is 3. The van der Waals surface area contributed by atoms with Crippen LogP contribution < -0.4 is 0 Å². The molecule has 1 amide bonds. The Morgan fingerprint density at radius 3 is 2.44 bits per heavy atom. The molecule has 0 aliphatic carbocycles.